The fourth-order valence-electron chi connectivity index (χ4n) is 3.79. The Kier molecular flexibility index (Phi) is 7.36. The minimum absolute atomic E-state index is 0.00245. The first-order valence-electron chi connectivity index (χ1n) is 10.4. The molecule has 0 bridgehead atoms. The Morgan fingerprint density at radius 3 is 2.22 bits per heavy atom. The number of nitrogens with one attached hydrogen (secondary N) is 1. The third-order valence-corrected chi connectivity index (χ3v) is 8.65. The molecule has 1 amide bonds. The van der Waals surface area contributed by atoms with Crippen LogP contribution in [-0.4, -0.2) is 46.4 Å². The van der Waals surface area contributed by atoms with E-state index in [4.69, 9.17) is 0 Å². The van der Waals surface area contributed by atoms with Crippen LogP contribution < -0.4 is 5.32 Å². The van der Waals surface area contributed by atoms with Gasteiger partial charge in [-0.05, 0) is 61.2 Å². The molecule has 1 aliphatic heterocycles. The van der Waals surface area contributed by atoms with Gasteiger partial charge in [-0.2, -0.15) is 4.31 Å². The predicted octanol–water partition coefficient (Wildman–Crippen LogP) is 2.90. The standard InChI is InChI=1S/C22H27FN2O5S2/c1-3-21(16-6-10-19(11-7-16)31(2,27)28)24-22(26)17-5-4-14-25(15-17)32(29,30)20-12-8-18(23)9-13-20/h6-13,17,21H,3-5,14-15H2,1-2H3,(H,24,26). The monoisotopic (exact) mass is 482 g/mol. The van der Waals surface area contributed by atoms with Crippen molar-refractivity contribution in [3.63, 3.8) is 0 Å². The SMILES string of the molecule is CCC(NC(=O)C1CCCN(S(=O)(=O)c2ccc(F)cc2)C1)c1ccc(S(C)(=O)=O)cc1. The molecule has 0 aliphatic carbocycles. The number of sulfone groups is 1. The van der Waals surface area contributed by atoms with Crippen LogP contribution in [0.4, 0.5) is 4.39 Å². The first kappa shape index (κ1) is 24.3. The summed E-state index contributed by atoms with van der Waals surface area (Å²) in [5.74, 6) is -1.28. The van der Waals surface area contributed by atoms with Crippen LogP contribution in [0.5, 0.6) is 0 Å². The molecule has 0 saturated carbocycles. The lowest BCUT2D eigenvalue weighted by Gasteiger charge is -2.32. The van der Waals surface area contributed by atoms with Crippen LogP contribution in [0.25, 0.3) is 0 Å². The smallest absolute Gasteiger partial charge is 0.243 e. The second-order valence-electron chi connectivity index (χ2n) is 7.97. The third kappa shape index (κ3) is 5.54. The number of rotatable bonds is 7. The van der Waals surface area contributed by atoms with E-state index in [1.54, 1.807) is 12.1 Å². The van der Waals surface area contributed by atoms with Gasteiger partial charge < -0.3 is 5.32 Å². The Bertz CT molecular complexity index is 1160. The summed E-state index contributed by atoms with van der Waals surface area (Å²) in [6.07, 6.45) is 2.83. The van der Waals surface area contributed by atoms with E-state index in [1.165, 1.54) is 28.6 Å². The van der Waals surface area contributed by atoms with E-state index in [-0.39, 0.29) is 28.3 Å². The van der Waals surface area contributed by atoms with Gasteiger partial charge in [0.05, 0.1) is 21.8 Å². The summed E-state index contributed by atoms with van der Waals surface area (Å²) in [6, 6.07) is 10.7. The van der Waals surface area contributed by atoms with Crippen molar-refractivity contribution in [2.75, 3.05) is 19.3 Å². The molecule has 7 nitrogen and oxygen atoms in total. The largest absolute Gasteiger partial charge is 0.349 e. The summed E-state index contributed by atoms with van der Waals surface area (Å²) in [4.78, 5) is 13.1. The van der Waals surface area contributed by atoms with Crippen molar-refractivity contribution in [1.29, 1.82) is 0 Å². The highest BCUT2D eigenvalue weighted by atomic mass is 32.2. The first-order chi connectivity index (χ1) is 15.0. The van der Waals surface area contributed by atoms with Gasteiger partial charge in [0.25, 0.3) is 0 Å². The van der Waals surface area contributed by atoms with Gasteiger partial charge in [-0.3, -0.25) is 4.79 Å². The van der Waals surface area contributed by atoms with Gasteiger partial charge >= 0.3 is 0 Å². The highest BCUT2D eigenvalue weighted by molar-refractivity contribution is 7.90. The summed E-state index contributed by atoms with van der Waals surface area (Å²) in [5.41, 5.74) is 0.778. The zero-order valence-corrected chi connectivity index (χ0v) is 19.6. The molecule has 2 aromatic carbocycles. The van der Waals surface area contributed by atoms with Crippen LogP contribution in [-0.2, 0) is 24.7 Å². The number of piperidine rings is 1. The average molecular weight is 483 g/mol. The summed E-state index contributed by atoms with van der Waals surface area (Å²) >= 11 is 0. The molecule has 32 heavy (non-hydrogen) atoms. The van der Waals surface area contributed by atoms with E-state index in [0.29, 0.717) is 25.8 Å². The zero-order valence-electron chi connectivity index (χ0n) is 18.0. The summed E-state index contributed by atoms with van der Waals surface area (Å²) in [5, 5.41) is 2.97. The molecule has 1 aliphatic rings. The maximum absolute atomic E-state index is 13.2. The average Bonchev–Trinajstić information content (AvgIpc) is 2.77. The van der Waals surface area contributed by atoms with E-state index in [0.717, 1.165) is 24.0 Å². The van der Waals surface area contributed by atoms with Crippen molar-refractivity contribution in [2.45, 2.75) is 42.0 Å². The van der Waals surface area contributed by atoms with E-state index >= 15 is 0 Å². The quantitative estimate of drug-likeness (QED) is 0.654. The molecule has 0 aromatic heterocycles. The Morgan fingerprint density at radius 2 is 1.66 bits per heavy atom. The second-order valence-corrected chi connectivity index (χ2v) is 11.9. The number of hydrogen-bond acceptors (Lipinski definition) is 5. The lowest BCUT2D eigenvalue weighted by Crippen LogP contribution is -2.46. The molecule has 1 fully saturated rings. The maximum atomic E-state index is 13.2. The molecule has 0 spiro atoms. The van der Waals surface area contributed by atoms with Crippen LogP contribution in [0, 0.1) is 11.7 Å². The lowest BCUT2D eigenvalue weighted by atomic mass is 9.97. The number of carbonyl (C=O) groups excluding carboxylic acids is 1. The van der Waals surface area contributed by atoms with E-state index in [1.807, 2.05) is 6.92 Å². The van der Waals surface area contributed by atoms with Crippen LogP contribution in [0.3, 0.4) is 0 Å². The molecule has 1 N–H and O–H groups in total. The van der Waals surface area contributed by atoms with Crippen LogP contribution in [0.2, 0.25) is 0 Å². The Balaban J connectivity index is 1.70. The molecule has 2 aromatic rings. The minimum Gasteiger partial charge on any atom is -0.349 e. The molecule has 174 valence electrons. The van der Waals surface area contributed by atoms with Gasteiger partial charge in [0.1, 0.15) is 5.82 Å². The fourth-order valence-corrected chi connectivity index (χ4v) is 5.94. The summed E-state index contributed by atoms with van der Waals surface area (Å²) in [6.45, 7) is 2.25. The number of nitrogens with zero attached hydrogens (tertiary/aromatic N) is 1. The van der Waals surface area contributed by atoms with Crippen molar-refractivity contribution in [3.05, 3.63) is 59.9 Å². The highest BCUT2D eigenvalue weighted by Crippen LogP contribution is 2.26. The summed E-state index contributed by atoms with van der Waals surface area (Å²) < 4.78 is 63.6. The zero-order chi connectivity index (χ0) is 23.5. The Hall–Kier alpha value is -2.30. The van der Waals surface area contributed by atoms with Gasteiger partial charge in [0, 0.05) is 19.3 Å². The number of amides is 1. The number of carbonyl (C=O) groups is 1. The number of benzene rings is 2. The predicted molar refractivity (Wildman–Crippen MR) is 119 cm³/mol. The molecule has 3 rings (SSSR count). The van der Waals surface area contributed by atoms with E-state index in [2.05, 4.69) is 5.32 Å². The van der Waals surface area contributed by atoms with Gasteiger partial charge in [0.2, 0.25) is 15.9 Å². The van der Waals surface area contributed by atoms with Crippen LogP contribution >= 0.6 is 0 Å². The molecule has 10 heteroatoms. The number of hydrogen-bond donors (Lipinski definition) is 1. The Labute approximate surface area is 188 Å². The van der Waals surface area contributed by atoms with Crippen molar-refractivity contribution in [3.8, 4) is 0 Å². The van der Waals surface area contributed by atoms with Crippen molar-refractivity contribution < 1.29 is 26.0 Å². The third-order valence-electron chi connectivity index (χ3n) is 5.64. The number of sulfonamides is 1. The van der Waals surface area contributed by atoms with Crippen LogP contribution in [0.1, 0.15) is 37.8 Å². The molecular weight excluding hydrogens is 455 g/mol. The van der Waals surface area contributed by atoms with Gasteiger partial charge in [-0.15, -0.1) is 0 Å². The molecule has 2 atom stereocenters. The van der Waals surface area contributed by atoms with Crippen molar-refractivity contribution in [1.82, 2.24) is 9.62 Å². The van der Waals surface area contributed by atoms with Crippen LogP contribution in [0.15, 0.2) is 58.3 Å². The normalized spacial score (nSPS) is 18.8. The molecular formula is C22H27FN2O5S2. The fraction of sp³-hybridized carbons (Fsp3) is 0.409. The highest BCUT2D eigenvalue weighted by Gasteiger charge is 2.34. The van der Waals surface area contributed by atoms with E-state index < -0.39 is 31.6 Å². The molecule has 2 unspecified atom stereocenters. The lowest BCUT2D eigenvalue weighted by molar-refractivity contribution is -0.126. The maximum Gasteiger partial charge on any atom is 0.243 e. The van der Waals surface area contributed by atoms with Gasteiger partial charge in [-0.25, -0.2) is 21.2 Å². The van der Waals surface area contributed by atoms with Gasteiger partial charge in [-0.1, -0.05) is 19.1 Å². The summed E-state index contributed by atoms with van der Waals surface area (Å²) in [7, 11) is -7.13. The number of halogens is 1. The van der Waals surface area contributed by atoms with Gasteiger partial charge in [0.15, 0.2) is 9.84 Å². The minimum atomic E-state index is -3.82. The topological polar surface area (TPSA) is 101 Å². The molecule has 1 heterocycles. The van der Waals surface area contributed by atoms with Crippen molar-refractivity contribution >= 4 is 25.8 Å². The Morgan fingerprint density at radius 1 is 1.06 bits per heavy atom. The van der Waals surface area contributed by atoms with E-state index in [9.17, 15) is 26.0 Å². The van der Waals surface area contributed by atoms with Crippen molar-refractivity contribution in [2.24, 2.45) is 5.92 Å². The molecule has 0 radical (unpaired) electrons. The first-order valence-corrected chi connectivity index (χ1v) is 13.7. The second kappa shape index (κ2) is 9.68. The molecule has 1 saturated heterocycles.